The summed E-state index contributed by atoms with van der Waals surface area (Å²) in [5.41, 5.74) is 0.777. The van der Waals surface area contributed by atoms with Crippen molar-refractivity contribution in [2.45, 2.75) is 52.3 Å². The Morgan fingerprint density at radius 3 is 2.67 bits per heavy atom. The zero-order chi connectivity index (χ0) is 15.6. The lowest BCUT2D eigenvalue weighted by atomic mass is 10.1. The monoisotopic (exact) mass is 293 g/mol. The number of H-pyrrole nitrogens is 1. The van der Waals surface area contributed by atoms with Gasteiger partial charge in [-0.1, -0.05) is 0 Å². The molecule has 0 aliphatic carbocycles. The average Bonchev–Trinajstić information content (AvgIpc) is 2.89. The number of hydrogen-bond acceptors (Lipinski definition) is 3. The van der Waals surface area contributed by atoms with Gasteiger partial charge in [0.1, 0.15) is 5.60 Å². The molecule has 1 aliphatic heterocycles. The topological polar surface area (TPSA) is 48.6 Å². The molecule has 2 heterocycles. The Morgan fingerprint density at radius 2 is 2.14 bits per heavy atom. The molecule has 5 heteroatoms. The first kappa shape index (κ1) is 15.9. The van der Waals surface area contributed by atoms with Crippen LogP contribution in [0.3, 0.4) is 0 Å². The fraction of sp³-hybridized carbons (Fsp3) is 0.688. The summed E-state index contributed by atoms with van der Waals surface area (Å²) in [6, 6.07) is 4.62. The van der Waals surface area contributed by atoms with E-state index in [-0.39, 0.29) is 12.1 Å². The van der Waals surface area contributed by atoms with E-state index in [9.17, 15) is 4.79 Å². The molecule has 2 rings (SSSR count). The molecule has 1 amide bonds. The molecule has 21 heavy (non-hydrogen) atoms. The van der Waals surface area contributed by atoms with Gasteiger partial charge in [0.2, 0.25) is 0 Å². The highest BCUT2D eigenvalue weighted by atomic mass is 16.6. The van der Waals surface area contributed by atoms with E-state index < -0.39 is 5.60 Å². The number of rotatable bonds is 2. The molecule has 2 unspecified atom stereocenters. The second kappa shape index (κ2) is 6.10. The fourth-order valence-electron chi connectivity index (χ4n) is 2.73. The van der Waals surface area contributed by atoms with Crippen molar-refractivity contribution < 1.29 is 9.53 Å². The Hall–Kier alpha value is -1.49. The number of ether oxygens (including phenoxy) is 1. The number of hydrogen-bond donors (Lipinski definition) is 1. The Kier molecular flexibility index (Phi) is 4.61. The van der Waals surface area contributed by atoms with Crippen LogP contribution in [0.5, 0.6) is 0 Å². The van der Waals surface area contributed by atoms with Crippen LogP contribution in [0.25, 0.3) is 0 Å². The minimum atomic E-state index is -0.439. The lowest BCUT2D eigenvalue weighted by Gasteiger charge is -2.42. The van der Waals surface area contributed by atoms with Crippen LogP contribution in [-0.2, 0) is 4.74 Å². The molecular formula is C16H27N3O2. The summed E-state index contributed by atoms with van der Waals surface area (Å²) in [7, 11) is 0. The van der Waals surface area contributed by atoms with Crippen LogP contribution in [0.1, 0.15) is 46.4 Å². The smallest absolute Gasteiger partial charge is 0.410 e. The van der Waals surface area contributed by atoms with Crippen LogP contribution >= 0.6 is 0 Å². The molecule has 0 aromatic carbocycles. The van der Waals surface area contributed by atoms with Gasteiger partial charge in [-0.05, 0) is 46.8 Å². The van der Waals surface area contributed by atoms with Crippen molar-refractivity contribution in [3.05, 3.63) is 24.0 Å². The predicted molar refractivity (Wildman–Crippen MR) is 83.2 cm³/mol. The number of aromatic amines is 1. The number of nitrogens with zero attached hydrogens (tertiary/aromatic N) is 2. The van der Waals surface area contributed by atoms with Crippen molar-refractivity contribution >= 4 is 6.09 Å². The van der Waals surface area contributed by atoms with E-state index in [0.717, 1.165) is 13.1 Å². The molecule has 0 bridgehead atoms. The van der Waals surface area contributed by atoms with Crippen LogP contribution in [-0.4, -0.2) is 52.2 Å². The van der Waals surface area contributed by atoms with Crippen LogP contribution < -0.4 is 0 Å². The van der Waals surface area contributed by atoms with Gasteiger partial charge in [-0.3, -0.25) is 4.90 Å². The summed E-state index contributed by atoms with van der Waals surface area (Å²) in [6.45, 7) is 12.4. The quantitative estimate of drug-likeness (QED) is 0.912. The van der Waals surface area contributed by atoms with Gasteiger partial charge >= 0.3 is 6.09 Å². The van der Waals surface area contributed by atoms with Crippen LogP contribution in [0.15, 0.2) is 18.3 Å². The Labute approximate surface area is 127 Å². The molecule has 1 aliphatic rings. The van der Waals surface area contributed by atoms with E-state index in [1.165, 1.54) is 5.69 Å². The van der Waals surface area contributed by atoms with Gasteiger partial charge in [0.25, 0.3) is 0 Å². The zero-order valence-electron chi connectivity index (χ0n) is 13.7. The maximum Gasteiger partial charge on any atom is 0.410 e. The van der Waals surface area contributed by atoms with Gasteiger partial charge < -0.3 is 14.6 Å². The summed E-state index contributed by atoms with van der Waals surface area (Å²) in [5, 5.41) is 0. The average molecular weight is 293 g/mol. The second-order valence-corrected chi connectivity index (χ2v) is 6.82. The molecule has 1 aromatic heterocycles. The SMILES string of the molecule is CC(c1ccc[nH]1)N1CCN(C(=O)OC(C)(C)C)C(C)C1. The largest absolute Gasteiger partial charge is 0.444 e. The van der Waals surface area contributed by atoms with Gasteiger partial charge in [0.05, 0.1) is 0 Å². The third-order valence-electron chi connectivity index (χ3n) is 3.91. The summed E-state index contributed by atoms with van der Waals surface area (Å²) < 4.78 is 5.48. The number of carbonyl (C=O) groups excluding carboxylic acids is 1. The van der Waals surface area contributed by atoms with Crippen molar-refractivity contribution in [2.24, 2.45) is 0 Å². The maximum absolute atomic E-state index is 12.2. The normalized spacial score (nSPS) is 22.1. The summed E-state index contributed by atoms with van der Waals surface area (Å²) in [5.74, 6) is 0. The highest BCUT2D eigenvalue weighted by molar-refractivity contribution is 5.68. The van der Waals surface area contributed by atoms with Crippen molar-refractivity contribution in [3.63, 3.8) is 0 Å². The predicted octanol–water partition coefficient (Wildman–Crippen LogP) is 3.02. The molecule has 5 nitrogen and oxygen atoms in total. The van der Waals surface area contributed by atoms with Gasteiger partial charge in [0.15, 0.2) is 0 Å². The Morgan fingerprint density at radius 1 is 1.43 bits per heavy atom. The van der Waals surface area contributed by atoms with Crippen LogP contribution in [0, 0.1) is 0 Å². The van der Waals surface area contributed by atoms with E-state index in [2.05, 4.69) is 29.8 Å². The number of carbonyl (C=O) groups is 1. The van der Waals surface area contributed by atoms with E-state index in [4.69, 9.17) is 4.74 Å². The van der Waals surface area contributed by atoms with Gasteiger partial charge in [-0.15, -0.1) is 0 Å². The Balaban J connectivity index is 1.94. The zero-order valence-corrected chi connectivity index (χ0v) is 13.7. The third-order valence-corrected chi connectivity index (χ3v) is 3.91. The highest BCUT2D eigenvalue weighted by Gasteiger charge is 2.32. The highest BCUT2D eigenvalue weighted by Crippen LogP contribution is 2.23. The molecule has 2 atom stereocenters. The first-order chi connectivity index (χ1) is 9.78. The van der Waals surface area contributed by atoms with E-state index in [1.54, 1.807) is 0 Å². The minimum absolute atomic E-state index is 0.158. The maximum atomic E-state index is 12.2. The van der Waals surface area contributed by atoms with Gasteiger partial charge in [-0.2, -0.15) is 0 Å². The lowest BCUT2D eigenvalue weighted by Crippen LogP contribution is -2.55. The lowest BCUT2D eigenvalue weighted by molar-refractivity contribution is -0.00368. The second-order valence-electron chi connectivity index (χ2n) is 6.82. The first-order valence-electron chi connectivity index (χ1n) is 7.65. The molecular weight excluding hydrogens is 266 g/mol. The van der Waals surface area contributed by atoms with E-state index in [0.29, 0.717) is 12.6 Å². The van der Waals surface area contributed by atoms with Crippen LogP contribution in [0.4, 0.5) is 4.79 Å². The van der Waals surface area contributed by atoms with Gasteiger partial charge in [-0.25, -0.2) is 4.79 Å². The number of nitrogens with one attached hydrogen (secondary N) is 1. The number of piperazine rings is 1. The summed E-state index contributed by atoms with van der Waals surface area (Å²) in [6.07, 6.45) is 1.74. The van der Waals surface area contributed by atoms with Crippen molar-refractivity contribution in [2.75, 3.05) is 19.6 Å². The molecule has 0 spiro atoms. The van der Waals surface area contributed by atoms with Gasteiger partial charge in [0, 0.05) is 43.6 Å². The van der Waals surface area contributed by atoms with Crippen molar-refractivity contribution in [3.8, 4) is 0 Å². The molecule has 118 valence electrons. The molecule has 1 N–H and O–H groups in total. The summed E-state index contributed by atoms with van der Waals surface area (Å²) >= 11 is 0. The standard InChI is InChI=1S/C16H27N3O2/c1-12-11-18(13(2)14-7-6-8-17-14)9-10-19(12)15(20)21-16(3,4)5/h6-8,12-13,17H,9-11H2,1-5H3. The number of aromatic nitrogens is 1. The molecule has 0 radical (unpaired) electrons. The van der Waals surface area contributed by atoms with E-state index in [1.807, 2.05) is 37.9 Å². The van der Waals surface area contributed by atoms with Crippen molar-refractivity contribution in [1.82, 2.24) is 14.8 Å². The molecule has 1 saturated heterocycles. The first-order valence-corrected chi connectivity index (χ1v) is 7.65. The Bertz CT molecular complexity index is 464. The third kappa shape index (κ3) is 4.00. The van der Waals surface area contributed by atoms with Crippen LogP contribution in [0.2, 0.25) is 0 Å². The van der Waals surface area contributed by atoms with E-state index >= 15 is 0 Å². The minimum Gasteiger partial charge on any atom is -0.444 e. The summed E-state index contributed by atoms with van der Waals surface area (Å²) in [4.78, 5) is 19.7. The molecule has 1 aromatic rings. The fourth-order valence-corrected chi connectivity index (χ4v) is 2.73. The van der Waals surface area contributed by atoms with Crippen molar-refractivity contribution in [1.29, 1.82) is 0 Å². The molecule has 0 saturated carbocycles. The molecule has 1 fully saturated rings. The number of amides is 1.